The molecular formula is C12H13ClN2O3. The molecule has 0 fully saturated rings. The van der Waals surface area contributed by atoms with E-state index < -0.39 is 0 Å². The molecule has 1 heterocycles. The molecule has 1 aliphatic heterocycles. The van der Waals surface area contributed by atoms with Gasteiger partial charge in [0.25, 0.3) is 5.91 Å². The summed E-state index contributed by atoms with van der Waals surface area (Å²) in [6, 6.07) is 5.21. The van der Waals surface area contributed by atoms with Crippen molar-refractivity contribution < 1.29 is 14.4 Å². The molecule has 2 rings (SSSR count). The minimum absolute atomic E-state index is 0.0300. The average Bonchev–Trinajstić information content (AvgIpc) is 2.64. The highest BCUT2D eigenvalue weighted by atomic mass is 35.5. The second kappa shape index (κ2) is 4.96. The van der Waals surface area contributed by atoms with Crippen LogP contribution >= 0.6 is 11.6 Å². The summed E-state index contributed by atoms with van der Waals surface area (Å²) in [5.41, 5.74) is 1.59. The fraction of sp³-hybridized carbons (Fsp3) is 0.333. The summed E-state index contributed by atoms with van der Waals surface area (Å²) >= 11 is 5.87. The van der Waals surface area contributed by atoms with Crippen LogP contribution in [0.5, 0.6) is 0 Å². The van der Waals surface area contributed by atoms with Gasteiger partial charge in [-0.15, -0.1) is 0 Å². The van der Waals surface area contributed by atoms with Gasteiger partial charge in [-0.25, -0.2) is 5.06 Å². The van der Waals surface area contributed by atoms with Crippen molar-refractivity contribution in [1.82, 2.24) is 5.06 Å². The van der Waals surface area contributed by atoms with Gasteiger partial charge in [0, 0.05) is 17.8 Å². The number of carbonyl (C=O) groups is 2. The Hall–Kier alpha value is -1.59. The monoisotopic (exact) mass is 268 g/mol. The lowest BCUT2D eigenvalue weighted by molar-refractivity contribution is -0.167. The van der Waals surface area contributed by atoms with E-state index in [9.17, 15) is 9.59 Å². The zero-order valence-corrected chi connectivity index (χ0v) is 10.9. The van der Waals surface area contributed by atoms with Crippen LogP contribution in [0.15, 0.2) is 18.2 Å². The van der Waals surface area contributed by atoms with Crippen molar-refractivity contribution in [3.05, 3.63) is 28.8 Å². The molecule has 0 bridgehead atoms. The standard InChI is InChI=1S/C12H13ClN2O3/c1-14(18-2)12(17)7-15-10-4-3-9(13)5-8(10)6-11(15)16/h3-5H,6-7H2,1-2H3. The van der Waals surface area contributed by atoms with Crippen molar-refractivity contribution in [2.24, 2.45) is 0 Å². The fourth-order valence-electron chi connectivity index (χ4n) is 1.86. The van der Waals surface area contributed by atoms with E-state index >= 15 is 0 Å². The maximum Gasteiger partial charge on any atom is 0.265 e. The Bertz CT molecular complexity index is 504. The van der Waals surface area contributed by atoms with Gasteiger partial charge in [0.2, 0.25) is 5.91 Å². The first-order chi connectivity index (χ1) is 8.52. The van der Waals surface area contributed by atoms with Crippen molar-refractivity contribution in [2.45, 2.75) is 6.42 Å². The number of benzene rings is 1. The molecule has 0 aromatic heterocycles. The van der Waals surface area contributed by atoms with E-state index in [-0.39, 0.29) is 24.8 Å². The van der Waals surface area contributed by atoms with Gasteiger partial charge < -0.3 is 4.90 Å². The fourth-order valence-corrected chi connectivity index (χ4v) is 2.06. The second-order valence-corrected chi connectivity index (χ2v) is 4.44. The lowest BCUT2D eigenvalue weighted by atomic mass is 10.2. The van der Waals surface area contributed by atoms with Crippen LogP contribution < -0.4 is 4.90 Å². The molecule has 1 aliphatic rings. The topological polar surface area (TPSA) is 49.9 Å². The molecule has 0 unspecified atom stereocenters. The smallest absolute Gasteiger partial charge is 0.265 e. The average molecular weight is 269 g/mol. The minimum Gasteiger partial charge on any atom is -0.302 e. The molecule has 0 spiro atoms. The van der Waals surface area contributed by atoms with Crippen LogP contribution in [0, 0.1) is 0 Å². The number of anilines is 1. The molecule has 1 aromatic carbocycles. The molecule has 0 radical (unpaired) electrons. The number of hydrogen-bond acceptors (Lipinski definition) is 3. The van der Waals surface area contributed by atoms with Crippen LogP contribution in [0.3, 0.4) is 0 Å². The third kappa shape index (κ3) is 2.32. The highest BCUT2D eigenvalue weighted by Crippen LogP contribution is 2.30. The molecule has 0 saturated carbocycles. The van der Waals surface area contributed by atoms with Crippen LogP contribution in [0.1, 0.15) is 5.56 Å². The van der Waals surface area contributed by atoms with Crippen molar-refractivity contribution in [1.29, 1.82) is 0 Å². The molecular weight excluding hydrogens is 256 g/mol. The Labute approximate surface area is 110 Å². The summed E-state index contributed by atoms with van der Waals surface area (Å²) in [6.45, 7) is -0.0300. The molecule has 18 heavy (non-hydrogen) atoms. The Morgan fingerprint density at radius 1 is 1.56 bits per heavy atom. The summed E-state index contributed by atoms with van der Waals surface area (Å²) in [5, 5.41) is 1.69. The van der Waals surface area contributed by atoms with Gasteiger partial charge in [-0.2, -0.15) is 0 Å². The van der Waals surface area contributed by atoms with Crippen LogP contribution in [0.25, 0.3) is 0 Å². The Morgan fingerprint density at radius 3 is 2.94 bits per heavy atom. The van der Waals surface area contributed by atoms with Gasteiger partial charge in [-0.05, 0) is 23.8 Å². The molecule has 6 heteroatoms. The highest BCUT2D eigenvalue weighted by Gasteiger charge is 2.29. The highest BCUT2D eigenvalue weighted by molar-refractivity contribution is 6.31. The van der Waals surface area contributed by atoms with E-state index in [0.29, 0.717) is 5.02 Å². The Kier molecular flexibility index (Phi) is 3.54. The number of carbonyl (C=O) groups excluding carboxylic acids is 2. The third-order valence-electron chi connectivity index (χ3n) is 2.89. The van der Waals surface area contributed by atoms with Crippen LogP contribution in [-0.2, 0) is 20.8 Å². The number of hydroxylamine groups is 2. The predicted molar refractivity (Wildman–Crippen MR) is 67.3 cm³/mol. The maximum absolute atomic E-state index is 11.9. The first-order valence-corrected chi connectivity index (χ1v) is 5.80. The SMILES string of the molecule is CON(C)C(=O)CN1C(=O)Cc2cc(Cl)ccc21. The number of halogens is 1. The number of hydrogen-bond donors (Lipinski definition) is 0. The van der Waals surface area contributed by atoms with Crippen molar-refractivity contribution >= 4 is 29.1 Å². The van der Waals surface area contributed by atoms with Gasteiger partial charge in [0.05, 0.1) is 13.5 Å². The number of amides is 2. The zero-order valence-electron chi connectivity index (χ0n) is 10.1. The summed E-state index contributed by atoms with van der Waals surface area (Å²) in [4.78, 5) is 29.8. The van der Waals surface area contributed by atoms with E-state index in [2.05, 4.69) is 0 Å². The molecule has 0 aliphatic carbocycles. The number of fused-ring (bicyclic) bond motifs is 1. The van der Waals surface area contributed by atoms with Crippen molar-refractivity contribution in [3.63, 3.8) is 0 Å². The molecule has 1 aromatic rings. The molecule has 0 atom stereocenters. The first-order valence-electron chi connectivity index (χ1n) is 5.42. The van der Waals surface area contributed by atoms with E-state index in [4.69, 9.17) is 16.4 Å². The van der Waals surface area contributed by atoms with Crippen LogP contribution in [0.4, 0.5) is 5.69 Å². The summed E-state index contributed by atoms with van der Waals surface area (Å²) < 4.78 is 0. The molecule has 0 saturated heterocycles. The molecule has 2 amide bonds. The molecule has 96 valence electrons. The lowest BCUT2D eigenvalue weighted by Crippen LogP contribution is -2.39. The van der Waals surface area contributed by atoms with E-state index in [1.54, 1.807) is 18.2 Å². The maximum atomic E-state index is 11.9. The molecule has 5 nitrogen and oxygen atoms in total. The molecule has 0 N–H and O–H groups in total. The van der Waals surface area contributed by atoms with E-state index in [0.717, 1.165) is 16.3 Å². The third-order valence-corrected chi connectivity index (χ3v) is 3.13. The summed E-state index contributed by atoms with van der Waals surface area (Å²) in [6.07, 6.45) is 0.278. The quantitative estimate of drug-likeness (QED) is 0.775. The Balaban J connectivity index is 2.21. The van der Waals surface area contributed by atoms with Gasteiger partial charge in [0.1, 0.15) is 6.54 Å². The largest absolute Gasteiger partial charge is 0.302 e. The number of nitrogens with zero attached hydrogens (tertiary/aromatic N) is 2. The van der Waals surface area contributed by atoms with Gasteiger partial charge in [0.15, 0.2) is 0 Å². The van der Waals surface area contributed by atoms with Crippen molar-refractivity contribution in [2.75, 3.05) is 25.6 Å². The first kappa shape index (κ1) is 12.9. The van der Waals surface area contributed by atoms with E-state index in [1.807, 2.05) is 0 Å². The normalized spacial score (nSPS) is 13.7. The number of rotatable bonds is 3. The van der Waals surface area contributed by atoms with Crippen LogP contribution in [-0.4, -0.2) is 37.6 Å². The summed E-state index contributed by atoms with van der Waals surface area (Å²) in [7, 11) is 2.91. The number of likely N-dealkylation sites (N-methyl/N-ethyl adjacent to an activating group) is 1. The summed E-state index contributed by atoms with van der Waals surface area (Å²) in [5.74, 6) is -0.390. The van der Waals surface area contributed by atoms with Crippen molar-refractivity contribution in [3.8, 4) is 0 Å². The second-order valence-electron chi connectivity index (χ2n) is 4.00. The minimum atomic E-state index is -0.284. The van der Waals surface area contributed by atoms with Gasteiger partial charge in [-0.3, -0.25) is 14.4 Å². The van der Waals surface area contributed by atoms with E-state index in [1.165, 1.54) is 19.1 Å². The predicted octanol–water partition coefficient (Wildman–Crippen LogP) is 1.25. The Morgan fingerprint density at radius 2 is 2.28 bits per heavy atom. The lowest BCUT2D eigenvalue weighted by Gasteiger charge is -2.20. The van der Waals surface area contributed by atoms with Gasteiger partial charge in [-0.1, -0.05) is 11.6 Å². The zero-order chi connectivity index (χ0) is 13.3. The van der Waals surface area contributed by atoms with Crippen LogP contribution in [0.2, 0.25) is 5.02 Å². The van der Waals surface area contributed by atoms with Gasteiger partial charge >= 0.3 is 0 Å².